The van der Waals surface area contributed by atoms with Crippen LogP contribution in [0, 0.1) is 0 Å². The summed E-state index contributed by atoms with van der Waals surface area (Å²) < 4.78 is 10.8. The third-order valence-electron chi connectivity index (χ3n) is 5.19. The molecule has 138 valence electrons. The monoisotopic (exact) mass is 364 g/mol. The molecule has 0 aliphatic carbocycles. The van der Waals surface area contributed by atoms with Crippen molar-refractivity contribution in [3.05, 3.63) is 54.4 Å². The maximum Gasteiger partial charge on any atom is 0.415 e. The minimum absolute atomic E-state index is 0.154. The lowest BCUT2D eigenvalue weighted by Crippen LogP contribution is -2.36. The van der Waals surface area contributed by atoms with Crippen LogP contribution in [0.2, 0.25) is 0 Å². The normalized spacial score (nSPS) is 20.3. The van der Waals surface area contributed by atoms with Crippen molar-refractivity contribution < 1.29 is 14.3 Å². The van der Waals surface area contributed by atoms with E-state index < -0.39 is 0 Å². The van der Waals surface area contributed by atoms with Crippen molar-refractivity contribution in [1.29, 1.82) is 0 Å². The van der Waals surface area contributed by atoms with Crippen molar-refractivity contribution in [1.82, 2.24) is 9.97 Å². The number of benzene rings is 2. The number of morpholine rings is 1. The van der Waals surface area contributed by atoms with Crippen molar-refractivity contribution in [3.8, 4) is 0 Å². The number of hydrogen-bond acceptors (Lipinski definition) is 5. The summed E-state index contributed by atoms with van der Waals surface area (Å²) in [4.78, 5) is 23.8. The van der Waals surface area contributed by atoms with E-state index in [-0.39, 0.29) is 12.1 Å². The number of nitrogens with one attached hydrogen (secondary N) is 1. The zero-order valence-electron chi connectivity index (χ0n) is 14.8. The molecule has 5 rings (SSSR count). The van der Waals surface area contributed by atoms with Gasteiger partial charge in [-0.25, -0.2) is 9.78 Å². The molecule has 0 radical (unpaired) electrons. The first-order chi connectivity index (χ1) is 13.3. The molecule has 3 heterocycles. The molecule has 0 unspecified atom stereocenters. The highest BCUT2D eigenvalue weighted by atomic mass is 16.6. The first kappa shape index (κ1) is 16.1. The van der Waals surface area contributed by atoms with Gasteiger partial charge in [-0.05, 0) is 35.9 Å². The van der Waals surface area contributed by atoms with Crippen molar-refractivity contribution in [2.45, 2.75) is 6.04 Å². The first-order valence-electron chi connectivity index (χ1n) is 9.11. The Kier molecular flexibility index (Phi) is 3.94. The Bertz CT molecular complexity index is 980. The number of hydrogen-bond donors (Lipinski definition) is 1. The predicted octanol–water partition coefficient (Wildman–Crippen LogP) is 3.10. The van der Waals surface area contributed by atoms with Crippen LogP contribution in [0.25, 0.3) is 11.0 Å². The number of aromatic amines is 1. The molecule has 2 aliphatic heterocycles. The molecule has 2 saturated heterocycles. The van der Waals surface area contributed by atoms with Gasteiger partial charge in [0.1, 0.15) is 6.61 Å². The van der Waals surface area contributed by atoms with E-state index in [2.05, 4.69) is 33.1 Å². The van der Waals surface area contributed by atoms with Crippen molar-refractivity contribution in [2.75, 3.05) is 42.7 Å². The van der Waals surface area contributed by atoms with Gasteiger partial charge in [-0.15, -0.1) is 0 Å². The van der Waals surface area contributed by atoms with Gasteiger partial charge in [-0.2, -0.15) is 0 Å². The van der Waals surface area contributed by atoms with E-state index in [9.17, 15) is 4.79 Å². The van der Waals surface area contributed by atoms with Gasteiger partial charge < -0.3 is 19.4 Å². The van der Waals surface area contributed by atoms with E-state index in [0.717, 1.165) is 54.3 Å². The fourth-order valence-electron chi connectivity index (χ4n) is 3.78. The quantitative estimate of drug-likeness (QED) is 0.773. The number of carbonyl (C=O) groups is 1. The van der Waals surface area contributed by atoms with E-state index in [0.29, 0.717) is 6.61 Å². The number of anilines is 2. The third kappa shape index (κ3) is 2.90. The Labute approximate surface area is 156 Å². The minimum Gasteiger partial charge on any atom is -0.447 e. The number of nitrogens with zero attached hydrogens (tertiary/aromatic N) is 3. The smallest absolute Gasteiger partial charge is 0.415 e. The summed E-state index contributed by atoms with van der Waals surface area (Å²) in [7, 11) is 0. The van der Waals surface area contributed by atoms with Gasteiger partial charge in [-0.1, -0.05) is 12.1 Å². The van der Waals surface area contributed by atoms with Crippen molar-refractivity contribution in [3.63, 3.8) is 0 Å². The molecule has 7 nitrogen and oxygen atoms in total. The standard InChI is InChI=1S/C20H20N4O3/c25-20-24(16-4-5-17-18(11-16)22-13-21-17)19(12-27-20)14-2-1-3-15(10-14)23-6-8-26-9-7-23/h1-5,10-11,13,19H,6-9,12H2,(H,21,22)/t19-/m1/s1. The van der Waals surface area contributed by atoms with Gasteiger partial charge in [0.05, 0.1) is 42.3 Å². The molecule has 1 N–H and O–H groups in total. The van der Waals surface area contributed by atoms with Crippen molar-refractivity contribution >= 4 is 28.5 Å². The summed E-state index contributed by atoms with van der Waals surface area (Å²) in [5, 5.41) is 0. The summed E-state index contributed by atoms with van der Waals surface area (Å²) in [5.74, 6) is 0. The van der Waals surface area contributed by atoms with Crippen LogP contribution in [0.3, 0.4) is 0 Å². The zero-order valence-corrected chi connectivity index (χ0v) is 14.8. The lowest BCUT2D eigenvalue weighted by atomic mass is 10.0. The lowest BCUT2D eigenvalue weighted by Gasteiger charge is -2.30. The predicted molar refractivity (Wildman–Crippen MR) is 102 cm³/mol. The maximum atomic E-state index is 12.5. The van der Waals surface area contributed by atoms with Gasteiger partial charge in [0, 0.05) is 18.8 Å². The second-order valence-corrected chi connectivity index (χ2v) is 6.76. The maximum absolute atomic E-state index is 12.5. The summed E-state index contributed by atoms with van der Waals surface area (Å²) in [6, 6.07) is 14.0. The fourth-order valence-corrected chi connectivity index (χ4v) is 3.78. The SMILES string of the molecule is O=C1OC[C@H](c2cccc(N3CCOCC3)c2)N1c1ccc2nc[nH]c2c1. The number of cyclic esters (lactones) is 1. The molecular formula is C20H20N4O3. The molecule has 2 fully saturated rings. The molecule has 1 amide bonds. The highest BCUT2D eigenvalue weighted by Gasteiger charge is 2.35. The second-order valence-electron chi connectivity index (χ2n) is 6.76. The molecule has 0 saturated carbocycles. The minimum atomic E-state index is -0.323. The molecule has 27 heavy (non-hydrogen) atoms. The number of rotatable bonds is 3. The largest absolute Gasteiger partial charge is 0.447 e. The number of imidazole rings is 1. The van der Waals surface area contributed by atoms with E-state index in [1.807, 2.05) is 24.3 Å². The van der Waals surface area contributed by atoms with Crippen LogP contribution in [0.1, 0.15) is 11.6 Å². The Hall–Kier alpha value is -3.06. The number of fused-ring (bicyclic) bond motifs is 1. The topological polar surface area (TPSA) is 70.7 Å². The summed E-state index contributed by atoms with van der Waals surface area (Å²) in [5.41, 5.74) is 4.79. The molecule has 2 aromatic carbocycles. The number of ether oxygens (including phenoxy) is 2. The molecular weight excluding hydrogens is 344 g/mol. The number of aromatic nitrogens is 2. The fraction of sp³-hybridized carbons (Fsp3) is 0.300. The second kappa shape index (κ2) is 6.59. The van der Waals surface area contributed by atoms with Gasteiger partial charge >= 0.3 is 6.09 Å². The first-order valence-corrected chi connectivity index (χ1v) is 9.11. The Morgan fingerprint density at radius 1 is 1.07 bits per heavy atom. The molecule has 7 heteroatoms. The third-order valence-corrected chi connectivity index (χ3v) is 5.19. The van der Waals surface area contributed by atoms with Crippen molar-refractivity contribution in [2.24, 2.45) is 0 Å². The van der Waals surface area contributed by atoms with E-state index >= 15 is 0 Å². The molecule has 3 aromatic rings. The Morgan fingerprint density at radius 3 is 2.85 bits per heavy atom. The molecule has 0 bridgehead atoms. The number of H-pyrrole nitrogens is 1. The molecule has 1 atom stereocenters. The Morgan fingerprint density at radius 2 is 1.96 bits per heavy atom. The van der Waals surface area contributed by atoms with Gasteiger partial charge in [-0.3, -0.25) is 4.90 Å². The van der Waals surface area contributed by atoms with E-state index in [4.69, 9.17) is 9.47 Å². The number of amides is 1. The summed E-state index contributed by atoms with van der Waals surface area (Å²) in [6.45, 7) is 3.58. The lowest BCUT2D eigenvalue weighted by molar-refractivity contribution is 0.122. The zero-order chi connectivity index (χ0) is 18.2. The van der Waals surface area contributed by atoms with Crippen LogP contribution < -0.4 is 9.80 Å². The van der Waals surface area contributed by atoms with Crippen LogP contribution >= 0.6 is 0 Å². The highest BCUT2D eigenvalue weighted by molar-refractivity contribution is 5.93. The molecule has 1 aromatic heterocycles. The van der Waals surface area contributed by atoms with Crippen LogP contribution in [0.4, 0.5) is 16.2 Å². The van der Waals surface area contributed by atoms with E-state index in [1.54, 1.807) is 11.2 Å². The summed E-state index contributed by atoms with van der Waals surface area (Å²) in [6.07, 6.45) is 1.33. The van der Waals surface area contributed by atoms with Crippen LogP contribution in [-0.2, 0) is 9.47 Å². The van der Waals surface area contributed by atoms with Crippen LogP contribution in [0.5, 0.6) is 0 Å². The molecule has 0 spiro atoms. The van der Waals surface area contributed by atoms with Gasteiger partial charge in [0.15, 0.2) is 0 Å². The summed E-state index contributed by atoms with van der Waals surface area (Å²) >= 11 is 0. The number of carbonyl (C=O) groups excluding carboxylic acids is 1. The van der Waals surface area contributed by atoms with E-state index in [1.165, 1.54) is 0 Å². The van der Waals surface area contributed by atoms with Crippen LogP contribution in [0.15, 0.2) is 48.8 Å². The van der Waals surface area contributed by atoms with Gasteiger partial charge in [0.2, 0.25) is 0 Å². The molecule has 2 aliphatic rings. The van der Waals surface area contributed by atoms with Crippen LogP contribution in [-0.4, -0.2) is 49.0 Å². The van der Waals surface area contributed by atoms with Gasteiger partial charge in [0.25, 0.3) is 0 Å². The highest BCUT2D eigenvalue weighted by Crippen LogP contribution is 2.35. The average Bonchev–Trinajstić information content (AvgIpc) is 3.34. The average molecular weight is 364 g/mol. The Balaban J connectivity index is 1.48.